The summed E-state index contributed by atoms with van der Waals surface area (Å²) in [7, 11) is 0. The number of carboxylic acid groups (broad SMARTS) is 1. The first kappa shape index (κ1) is 19.7. The monoisotopic (exact) mass is 375 g/mol. The van der Waals surface area contributed by atoms with Crippen molar-refractivity contribution in [2.45, 2.75) is 45.4 Å². The number of aliphatic carboxylic acids is 1. The molecule has 0 aliphatic heterocycles. The molecule has 0 saturated carbocycles. The Kier molecular flexibility index (Phi) is 5.02. The van der Waals surface area contributed by atoms with Crippen LogP contribution in [0.4, 0.5) is 0 Å². The van der Waals surface area contributed by atoms with Gasteiger partial charge in [0.05, 0.1) is 28.5 Å². The second-order valence-electron chi connectivity index (χ2n) is 8.43. The highest BCUT2D eigenvalue weighted by molar-refractivity contribution is 5.80. The van der Waals surface area contributed by atoms with Crippen LogP contribution >= 0.6 is 0 Å². The summed E-state index contributed by atoms with van der Waals surface area (Å²) in [5, 5.41) is 9.68. The van der Waals surface area contributed by atoms with E-state index in [1.54, 1.807) is 20.0 Å². The van der Waals surface area contributed by atoms with E-state index in [-0.39, 0.29) is 5.41 Å². The van der Waals surface area contributed by atoms with Gasteiger partial charge >= 0.3 is 5.97 Å². The van der Waals surface area contributed by atoms with E-state index in [9.17, 15) is 9.90 Å². The van der Waals surface area contributed by atoms with Crippen molar-refractivity contribution in [2.75, 3.05) is 0 Å². The normalized spacial score (nSPS) is 12.0. The standard InChI is InChI=1S/C23H25N3O2/c1-22(2,3)15-13-19(26-20(14-15)23(4,5)21(27)28)18-11-8-10-17(25-18)16-9-6-7-12-24-16/h6-14H,1-5H3,(H,27,28). The molecule has 3 aromatic rings. The molecule has 0 saturated heterocycles. The number of carboxylic acids is 1. The fourth-order valence-corrected chi connectivity index (χ4v) is 2.76. The highest BCUT2D eigenvalue weighted by Gasteiger charge is 2.33. The van der Waals surface area contributed by atoms with Crippen LogP contribution in [0.5, 0.6) is 0 Å². The highest BCUT2D eigenvalue weighted by atomic mass is 16.4. The Morgan fingerprint density at radius 1 is 0.821 bits per heavy atom. The summed E-state index contributed by atoms with van der Waals surface area (Å²) < 4.78 is 0. The summed E-state index contributed by atoms with van der Waals surface area (Å²) >= 11 is 0. The lowest BCUT2D eigenvalue weighted by molar-refractivity contribution is -0.142. The molecule has 0 unspecified atom stereocenters. The number of hydrogen-bond acceptors (Lipinski definition) is 4. The third-order valence-electron chi connectivity index (χ3n) is 4.81. The molecular formula is C23H25N3O2. The molecular weight excluding hydrogens is 350 g/mol. The van der Waals surface area contributed by atoms with Gasteiger partial charge in [-0.25, -0.2) is 9.97 Å². The number of aromatic nitrogens is 3. The molecule has 5 nitrogen and oxygen atoms in total. The Labute approximate surface area is 165 Å². The Hall–Kier alpha value is -3.08. The molecule has 0 spiro atoms. The van der Waals surface area contributed by atoms with Gasteiger partial charge in [-0.15, -0.1) is 0 Å². The molecule has 1 N–H and O–H groups in total. The maximum Gasteiger partial charge on any atom is 0.315 e. The van der Waals surface area contributed by atoms with Crippen molar-refractivity contribution in [3.05, 3.63) is 66.0 Å². The zero-order valence-corrected chi connectivity index (χ0v) is 16.9. The summed E-state index contributed by atoms with van der Waals surface area (Å²) in [5.74, 6) is -0.910. The quantitative estimate of drug-likeness (QED) is 0.704. The van der Waals surface area contributed by atoms with Crippen LogP contribution in [0.1, 0.15) is 45.9 Å². The van der Waals surface area contributed by atoms with Crippen LogP contribution in [0.3, 0.4) is 0 Å². The predicted molar refractivity (Wildman–Crippen MR) is 110 cm³/mol. The molecule has 28 heavy (non-hydrogen) atoms. The molecule has 0 aliphatic carbocycles. The molecule has 0 amide bonds. The van der Waals surface area contributed by atoms with E-state index in [1.807, 2.05) is 48.5 Å². The first-order chi connectivity index (χ1) is 13.1. The van der Waals surface area contributed by atoms with E-state index < -0.39 is 11.4 Å². The van der Waals surface area contributed by atoms with Gasteiger partial charge in [-0.3, -0.25) is 9.78 Å². The van der Waals surface area contributed by atoms with Gasteiger partial charge in [0, 0.05) is 6.20 Å². The number of rotatable bonds is 4. The lowest BCUT2D eigenvalue weighted by Crippen LogP contribution is -2.30. The predicted octanol–water partition coefficient (Wildman–Crippen LogP) is 4.87. The van der Waals surface area contributed by atoms with Crippen molar-refractivity contribution < 1.29 is 9.90 Å². The van der Waals surface area contributed by atoms with Crippen molar-refractivity contribution in [2.24, 2.45) is 0 Å². The fraction of sp³-hybridized carbons (Fsp3) is 0.304. The zero-order chi connectivity index (χ0) is 20.5. The summed E-state index contributed by atoms with van der Waals surface area (Å²) in [6.45, 7) is 9.64. The summed E-state index contributed by atoms with van der Waals surface area (Å²) in [5.41, 5.74) is 3.17. The fourth-order valence-electron chi connectivity index (χ4n) is 2.76. The van der Waals surface area contributed by atoms with E-state index in [1.165, 1.54) is 0 Å². The van der Waals surface area contributed by atoms with Gasteiger partial charge in [0.15, 0.2) is 0 Å². The Bertz CT molecular complexity index is 1010. The largest absolute Gasteiger partial charge is 0.481 e. The summed E-state index contributed by atoms with van der Waals surface area (Å²) in [6, 6.07) is 15.3. The lowest BCUT2D eigenvalue weighted by atomic mass is 9.82. The van der Waals surface area contributed by atoms with E-state index in [4.69, 9.17) is 4.98 Å². The Morgan fingerprint density at radius 3 is 2.04 bits per heavy atom. The van der Waals surface area contributed by atoms with Gasteiger partial charge in [-0.1, -0.05) is 32.9 Å². The number of nitrogens with zero attached hydrogens (tertiary/aromatic N) is 3. The van der Waals surface area contributed by atoms with Gasteiger partial charge in [0.1, 0.15) is 5.41 Å². The molecule has 0 bridgehead atoms. The molecule has 0 aliphatic rings. The van der Waals surface area contributed by atoms with Crippen LogP contribution in [0.2, 0.25) is 0 Å². The first-order valence-electron chi connectivity index (χ1n) is 9.24. The van der Waals surface area contributed by atoms with Crippen LogP contribution in [0.25, 0.3) is 22.8 Å². The molecule has 0 radical (unpaired) electrons. The minimum atomic E-state index is -1.10. The summed E-state index contributed by atoms with van der Waals surface area (Å²) in [4.78, 5) is 25.6. The topological polar surface area (TPSA) is 76.0 Å². The van der Waals surface area contributed by atoms with Crippen LogP contribution < -0.4 is 0 Å². The number of pyridine rings is 3. The van der Waals surface area contributed by atoms with Crippen molar-refractivity contribution in [3.8, 4) is 22.8 Å². The average molecular weight is 375 g/mol. The van der Waals surface area contributed by atoms with E-state index >= 15 is 0 Å². The van der Waals surface area contributed by atoms with Crippen LogP contribution in [0.15, 0.2) is 54.7 Å². The first-order valence-corrected chi connectivity index (χ1v) is 9.24. The summed E-state index contributed by atoms with van der Waals surface area (Å²) in [6.07, 6.45) is 1.73. The van der Waals surface area contributed by atoms with Crippen molar-refractivity contribution in [1.82, 2.24) is 15.0 Å². The lowest BCUT2D eigenvalue weighted by Gasteiger charge is -2.25. The second-order valence-corrected chi connectivity index (χ2v) is 8.43. The van der Waals surface area contributed by atoms with Crippen LogP contribution in [0, 0.1) is 0 Å². The zero-order valence-electron chi connectivity index (χ0n) is 16.9. The van der Waals surface area contributed by atoms with Gasteiger partial charge in [0.25, 0.3) is 0 Å². The third-order valence-corrected chi connectivity index (χ3v) is 4.81. The van der Waals surface area contributed by atoms with Gasteiger partial charge in [-0.2, -0.15) is 0 Å². The molecule has 5 heteroatoms. The molecule has 3 rings (SSSR count). The Morgan fingerprint density at radius 2 is 1.46 bits per heavy atom. The van der Waals surface area contributed by atoms with Gasteiger partial charge in [0.2, 0.25) is 0 Å². The molecule has 144 valence electrons. The Balaban J connectivity index is 2.18. The molecule has 0 atom stereocenters. The molecule has 0 aromatic carbocycles. The molecule has 0 fully saturated rings. The van der Waals surface area contributed by atoms with Gasteiger partial charge < -0.3 is 5.11 Å². The van der Waals surface area contributed by atoms with Crippen LogP contribution in [-0.4, -0.2) is 26.0 Å². The smallest absolute Gasteiger partial charge is 0.315 e. The van der Waals surface area contributed by atoms with E-state index in [0.717, 1.165) is 17.0 Å². The SMILES string of the molecule is CC(C)(C)c1cc(-c2cccc(-c3ccccn3)n2)nc(C(C)(C)C(=O)O)c1. The minimum absolute atomic E-state index is 0.153. The van der Waals surface area contributed by atoms with Crippen molar-refractivity contribution in [1.29, 1.82) is 0 Å². The maximum atomic E-state index is 11.8. The minimum Gasteiger partial charge on any atom is -0.481 e. The second kappa shape index (κ2) is 7.15. The van der Waals surface area contributed by atoms with Gasteiger partial charge in [-0.05, 0) is 61.2 Å². The van der Waals surface area contributed by atoms with Crippen LogP contribution in [-0.2, 0) is 15.6 Å². The number of hydrogen-bond donors (Lipinski definition) is 1. The van der Waals surface area contributed by atoms with Crippen molar-refractivity contribution >= 4 is 5.97 Å². The third kappa shape index (κ3) is 3.93. The molecule has 3 heterocycles. The average Bonchev–Trinajstić information content (AvgIpc) is 2.67. The maximum absolute atomic E-state index is 11.8. The highest BCUT2D eigenvalue weighted by Crippen LogP contribution is 2.32. The van der Waals surface area contributed by atoms with E-state index in [0.29, 0.717) is 17.1 Å². The molecule has 3 aromatic heterocycles. The van der Waals surface area contributed by atoms with E-state index in [2.05, 4.69) is 30.7 Å². The van der Waals surface area contributed by atoms with Crippen molar-refractivity contribution in [3.63, 3.8) is 0 Å². The number of carbonyl (C=O) groups is 1.